The third-order valence-corrected chi connectivity index (χ3v) is 5.35. The average Bonchev–Trinajstić information content (AvgIpc) is 3.01. The van der Waals surface area contributed by atoms with Gasteiger partial charge in [-0.05, 0) is 55.0 Å². The molecule has 0 spiro atoms. The van der Waals surface area contributed by atoms with E-state index >= 15 is 0 Å². The van der Waals surface area contributed by atoms with Crippen LogP contribution in [0.15, 0.2) is 47.3 Å². The van der Waals surface area contributed by atoms with Crippen LogP contribution in [0.1, 0.15) is 42.5 Å². The zero-order valence-electron chi connectivity index (χ0n) is 14.9. The molecule has 1 atom stereocenters. The second kappa shape index (κ2) is 6.83. The highest BCUT2D eigenvalue weighted by molar-refractivity contribution is 5.77. The van der Waals surface area contributed by atoms with Gasteiger partial charge in [-0.2, -0.15) is 0 Å². The van der Waals surface area contributed by atoms with Crippen molar-refractivity contribution in [3.63, 3.8) is 0 Å². The van der Waals surface area contributed by atoms with Gasteiger partial charge in [0.2, 0.25) is 5.91 Å². The summed E-state index contributed by atoms with van der Waals surface area (Å²) in [7, 11) is 0. The molecule has 0 saturated carbocycles. The van der Waals surface area contributed by atoms with Crippen molar-refractivity contribution in [3.05, 3.63) is 69.6 Å². The van der Waals surface area contributed by atoms with Gasteiger partial charge in [-0.25, -0.2) is 4.79 Å². The zero-order chi connectivity index (χ0) is 18.1. The molecule has 0 saturated heterocycles. The quantitative estimate of drug-likeness (QED) is 0.758. The smallest absolute Gasteiger partial charge is 0.323 e. The molecule has 5 heteroatoms. The van der Waals surface area contributed by atoms with Crippen LogP contribution in [0.5, 0.6) is 0 Å². The summed E-state index contributed by atoms with van der Waals surface area (Å²) in [5.74, 6) is 0.225. The normalized spacial score (nSPS) is 16.7. The van der Waals surface area contributed by atoms with Gasteiger partial charge in [0.25, 0.3) is 0 Å². The lowest BCUT2D eigenvalue weighted by atomic mass is 9.93. The topological polar surface area (TPSA) is 69.0 Å². The SMILES string of the molecule is C[C@H]1c2ccccc2CCN1C(=O)CCCc1ccc2[nH]c(=O)[nH]c2c1. The van der Waals surface area contributed by atoms with Crippen molar-refractivity contribution in [2.24, 2.45) is 0 Å². The van der Waals surface area contributed by atoms with Crippen LogP contribution in [-0.2, 0) is 17.6 Å². The van der Waals surface area contributed by atoms with E-state index in [0.29, 0.717) is 6.42 Å². The number of imidazole rings is 1. The summed E-state index contributed by atoms with van der Waals surface area (Å²) in [5, 5.41) is 0. The number of carbonyl (C=O) groups excluding carboxylic acids is 1. The lowest BCUT2D eigenvalue weighted by Gasteiger charge is -2.35. The Labute approximate surface area is 152 Å². The molecule has 0 radical (unpaired) electrons. The number of rotatable bonds is 4. The fourth-order valence-corrected chi connectivity index (χ4v) is 3.94. The predicted molar refractivity (Wildman–Crippen MR) is 102 cm³/mol. The van der Waals surface area contributed by atoms with Gasteiger partial charge in [0, 0.05) is 13.0 Å². The van der Waals surface area contributed by atoms with Gasteiger partial charge in [-0.15, -0.1) is 0 Å². The Kier molecular flexibility index (Phi) is 4.37. The summed E-state index contributed by atoms with van der Waals surface area (Å²) < 4.78 is 0. The van der Waals surface area contributed by atoms with E-state index in [2.05, 4.69) is 35.1 Å². The summed E-state index contributed by atoms with van der Waals surface area (Å²) in [6.45, 7) is 2.92. The number of aromatic nitrogens is 2. The first-order valence-electron chi connectivity index (χ1n) is 9.20. The molecule has 0 fully saturated rings. The second-order valence-electron chi connectivity index (χ2n) is 7.02. The van der Waals surface area contributed by atoms with Crippen molar-refractivity contribution < 1.29 is 4.79 Å². The fourth-order valence-electron chi connectivity index (χ4n) is 3.94. The van der Waals surface area contributed by atoms with E-state index in [1.807, 2.05) is 29.2 Å². The number of nitrogens with zero attached hydrogens (tertiary/aromatic N) is 1. The van der Waals surface area contributed by atoms with Gasteiger partial charge < -0.3 is 14.9 Å². The summed E-state index contributed by atoms with van der Waals surface area (Å²) in [6.07, 6.45) is 3.12. The van der Waals surface area contributed by atoms with Crippen molar-refractivity contribution in [3.8, 4) is 0 Å². The van der Waals surface area contributed by atoms with E-state index in [4.69, 9.17) is 0 Å². The number of hydrogen-bond donors (Lipinski definition) is 2. The first-order valence-corrected chi connectivity index (χ1v) is 9.20. The third-order valence-electron chi connectivity index (χ3n) is 5.35. The lowest BCUT2D eigenvalue weighted by molar-refractivity contribution is -0.133. The molecular weight excluding hydrogens is 326 g/mol. The molecule has 134 valence electrons. The molecule has 1 aliphatic rings. The molecule has 1 aliphatic heterocycles. The van der Waals surface area contributed by atoms with Gasteiger partial charge in [0.05, 0.1) is 17.1 Å². The van der Waals surface area contributed by atoms with Crippen molar-refractivity contribution >= 4 is 16.9 Å². The Morgan fingerprint density at radius 3 is 2.85 bits per heavy atom. The van der Waals surface area contributed by atoms with Gasteiger partial charge in [-0.3, -0.25) is 4.79 Å². The molecule has 2 heterocycles. The molecule has 4 rings (SSSR count). The maximum absolute atomic E-state index is 12.7. The minimum Gasteiger partial charge on any atom is -0.336 e. The molecule has 0 unspecified atom stereocenters. The van der Waals surface area contributed by atoms with Gasteiger partial charge >= 0.3 is 5.69 Å². The van der Waals surface area contributed by atoms with Crippen LogP contribution in [-0.4, -0.2) is 27.3 Å². The molecule has 0 aliphatic carbocycles. The number of amides is 1. The summed E-state index contributed by atoms with van der Waals surface area (Å²) in [6, 6.07) is 14.5. The largest absolute Gasteiger partial charge is 0.336 e. The van der Waals surface area contributed by atoms with E-state index in [-0.39, 0.29) is 17.6 Å². The molecule has 5 nitrogen and oxygen atoms in total. The van der Waals surface area contributed by atoms with E-state index in [1.54, 1.807) is 0 Å². The lowest BCUT2D eigenvalue weighted by Crippen LogP contribution is -2.38. The van der Waals surface area contributed by atoms with Crippen LogP contribution in [0.25, 0.3) is 11.0 Å². The minimum atomic E-state index is -0.188. The fraction of sp³-hybridized carbons (Fsp3) is 0.333. The highest BCUT2D eigenvalue weighted by Crippen LogP contribution is 2.29. The van der Waals surface area contributed by atoms with E-state index in [1.165, 1.54) is 11.1 Å². The Morgan fingerprint density at radius 2 is 1.96 bits per heavy atom. The maximum atomic E-state index is 12.7. The van der Waals surface area contributed by atoms with Gasteiger partial charge in [0.15, 0.2) is 0 Å². The Hall–Kier alpha value is -2.82. The zero-order valence-corrected chi connectivity index (χ0v) is 14.9. The van der Waals surface area contributed by atoms with E-state index in [9.17, 15) is 9.59 Å². The number of fused-ring (bicyclic) bond motifs is 2. The number of carbonyl (C=O) groups is 1. The molecule has 1 amide bonds. The highest BCUT2D eigenvalue weighted by atomic mass is 16.2. The first-order chi connectivity index (χ1) is 12.6. The van der Waals surface area contributed by atoms with Crippen LogP contribution in [0.4, 0.5) is 0 Å². The van der Waals surface area contributed by atoms with E-state index < -0.39 is 0 Å². The number of nitrogens with one attached hydrogen (secondary N) is 2. The number of H-pyrrole nitrogens is 2. The van der Waals surface area contributed by atoms with Crippen LogP contribution in [0.2, 0.25) is 0 Å². The number of aromatic amines is 2. The third kappa shape index (κ3) is 3.17. The van der Waals surface area contributed by atoms with Crippen molar-refractivity contribution in [1.82, 2.24) is 14.9 Å². The van der Waals surface area contributed by atoms with Gasteiger partial charge in [0.1, 0.15) is 0 Å². The second-order valence-corrected chi connectivity index (χ2v) is 7.02. The summed E-state index contributed by atoms with van der Waals surface area (Å²) in [5.41, 5.74) is 5.21. The van der Waals surface area contributed by atoms with Gasteiger partial charge in [-0.1, -0.05) is 30.3 Å². The van der Waals surface area contributed by atoms with E-state index in [0.717, 1.165) is 42.4 Å². The summed E-state index contributed by atoms with van der Waals surface area (Å²) in [4.78, 5) is 31.6. The standard InChI is InChI=1S/C21H23N3O2/c1-14-17-7-3-2-6-16(17)11-12-24(14)20(25)8-4-5-15-9-10-18-19(13-15)23-21(26)22-18/h2-3,6-7,9-10,13-14H,4-5,8,11-12H2,1H3,(H2,22,23,26)/t14-/m0/s1. The number of benzene rings is 2. The van der Waals surface area contributed by atoms with Crippen molar-refractivity contribution in [2.75, 3.05) is 6.54 Å². The Balaban J connectivity index is 1.37. The van der Waals surface area contributed by atoms with Crippen molar-refractivity contribution in [1.29, 1.82) is 0 Å². The molecule has 2 aromatic carbocycles. The van der Waals surface area contributed by atoms with Crippen LogP contribution in [0.3, 0.4) is 0 Å². The van der Waals surface area contributed by atoms with Crippen molar-refractivity contribution in [2.45, 2.75) is 38.6 Å². The first kappa shape index (κ1) is 16.6. The van der Waals surface area contributed by atoms with Crippen LogP contribution >= 0.6 is 0 Å². The number of aryl methyl sites for hydroxylation is 1. The minimum absolute atomic E-state index is 0.147. The highest BCUT2D eigenvalue weighted by Gasteiger charge is 2.26. The molecule has 1 aromatic heterocycles. The monoisotopic (exact) mass is 349 g/mol. The average molecular weight is 349 g/mol. The molecule has 3 aromatic rings. The van der Waals surface area contributed by atoms with Crippen LogP contribution < -0.4 is 5.69 Å². The van der Waals surface area contributed by atoms with Crippen LogP contribution in [0, 0.1) is 0 Å². The predicted octanol–water partition coefficient (Wildman–Crippen LogP) is 3.32. The summed E-state index contributed by atoms with van der Waals surface area (Å²) >= 11 is 0. The Bertz CT molecular complexity index is 1000. The molecule has 26 heavy (non-hydrogen) atoms. The Morgan fingerprint density at radius 1 is 1.15 bits per heavy atom. The number of hydrogen-bond acceptors (Lipinski definition) is 2. The maximum Gasteiger partial charge on any atom is 0.323 e. The molecule has 2 N–H and O–H groups in total. The molecule has 0 bridgehead atoms. The molecular formula is C21H23N3O2.